The fourth-order valence-electron chi connectivity index (χ4n) is 2.10. The van der Waals surface area contributed by atoms with Gasteiger partial charge in [0.15, 0.2) is 0 Å². The first-order valence-electron chi connectivity index (χ1n) is 6.08. The number of benzene rings is 1. The molecule has 2 rings (SSSR count). The summed E-state index contributed by atoms with van der Waals surface area (Å²) in [7, 11) is 1.97. The highest BCUT2D eigenvalue weighted by molar-refractivity contribution is 6.30. The van der Waals surface area contributed by atoms with Crippen LogP contribution in [-0.2, 0) is 6.42 Å². The third-order valence-corrected chi connectivity index (χ3v) is 3.67. The molecule has 1 fully saturated rings. The lowest BCUT2D eigenvalue weighted by Gasteiger charge is -2.19. The van der Waals surface area contributed by atoms with Gasteiger partial charge in [0.05, 0.1) is 11.5 Å². The number of halogens is 2. The Balaban J connectivity index is 1.87. The highest BCUT2D eigenvalue weighted by Crippen LogP contribution is 2.45. The molecule has 0 saturated heterocycles. The number of hydrogen-bond donors (Lipinski definition) is 0. The van der Waals surface area contributed by atoms with E-state index in [-0.39, 0.29) is 11.2 Å². The van der Waals surface area contributed by atoms with Crippen molar-refractivity contribution in [1.29, 1.82) is 5.26 Å². The molecule has 0 N–H and O–H groups in total. The van der Waals surface area contributed by atoms with Crippen molar-refractivity contribution in [3.05, 3.63) is 34.6 Å². The maximum Gasteiger partial charge on any atom is 0.126 e. The second kappa shape index (κ2) is 5.26. The van der Waals surface area contributed by atoms with Gasteiger partial charge in [-0.3, -0.25) is 0 Å². The summed E-state index contributed by atoms with van der Waals surface area (Å²) in [4.78, 5) is 2.09. The molecule has 2 nitrogen and oxygen atoms in total. The van der Waals surface area contributed by atoms with E-state index >= 15 is 0 Å². The lowest BCUT2D eigenvalue weighted by Crippen LogP contribution is -2.28. The highest BCUT2D eigenvalue weighted by atomic mass is 35.5. The van der Waals surface area contributed by atoms with Crippen molar-refractivity contribution in [3.63, 3.8) is 0 Å². The van der Waals surface area contributed by atoms with Gasteiger partial charge in [0.25, 0.3) is 0 Å². The summed E-state index contributed by atoms with van der Waals surface area (Å²) in [5.41, 5.74) is 0.498. The van der Waals surface area contributed by atoms with Crippen LogP contribution in [0.3, 0.4) is 0 Å². The molecule has 1 saturated carbocycles. The highest BCUT2D eigenvalue weighted by Gasteiger charge is 2.43. The van der Waals surface area contributed by atoms with Crippen LogP contribution in [-0.4, -0.2) is 25.0 Å². The second-order valence-corrected chi connectivity index (χ2v) is 5.55. The first-order valence-corrected chi connectivity index (χ1v) is 6.46. The van der Waals surface area contributed by atoms with Gasteiger partial charge < -0.3 is 4.90 Å². The van der Waals surface area contributed by atoms with Crippen LogP contribution in [0.25, 0.3) is 0 Å². The van der Waals surface area contributed by atoms with Gasteiger partial charge in [-0.15, -0.1) is 0 Å². The minimum atomic E-state index is -0.214. The Hall–Kier alpha value is -1.11. The third-order valence-electron chi connectivity index (χ3n) is 3.43. The topological polar surface area (TPSA) is 27.0 Å². The summed E-state index contributed by atoms with van der Waals surface area (Å²) in [6, 6.07) is 6.99. The van der Waals surface area contributed by atoms with Gasteiger partial charge >= 0.3 is 0 Å². The smallest absolute Gasteiger partial charge is 0.126 e. The van der Waals surface area contributed by atoms with Crippen LogP contribution < -0.4 is 0 Å². The number of likely N-dealkylation sites (N-methyl/N-ethyl adjacent to an activating group) is 1. The zero-order chi connectivity index (χ0) is 13.2. The molecule has 0 aromatic heterocycles. The van der Waals surface area contributed by atoms with Gasteiger partial charge in [0.1, 0.15) is 5.82 Å². The maximum atomic E-state index is 13.5. The van der Waals surface area contributed by atoms with E-state index in [2.05, 4.69) is 11.0 Å². The molecule has 0 unspecified atom stereocenters. The van der Waals surface area contributed by atoms with Gasteiger partial charge in [0.2, 0.25) is 0 Å². The molecule has 1 aliphatic carbocycles. The zero-order valence-electron chi connectivity index (χ0n) is 10.4. The molecule has 0 bridgehead atoms. The molecule has 18 heavy (non-hydrogen) atoms. The van der Waals surface area contributed by atoms with E-state index in [0.717, 1.165) is 25.9 Å². The number of nitriles is 1. The summed E-state index contributed by atoms with van der Waals surface area (Å²) in [6.07, 6.45) is 2.59. The van der Waals surface area contributed by atoms with Crippen LogP contribution >= 0.6 is 11.6 Å². The predicted molar refractivity (Wildman–Crippen MR) is 69.9 cm³/mol. The molecule has 1 aromatic carbocycles. The van der Waals surface area contributed by atoms with Crippen LogP contribution in [0.15, 0.2) is 18.2 Å². The van der Waals surface area contributed by atoms with E-state index < -0.39 is 0 Å². The fourth-order valence-corrected chi connectivity index (χ4v) is 2.29. The molecule has 0 amide bonds. The van der Waals surface area contributed by atoms with Crippen molar-refractivity contribution in [1.82, 2.24) is 4.90 Å². The first kappa shape index (κ1) is 13.3. The summed E-state index contributed by atoms with van der Waals surface area (Å²) >= 11 is 5.85. The lowest BCUT2D eigenvalue weighted by atomic mass is 10.1. The zero-order valence-corrected chi connectivity index (χ0v) is 11.2. The maximum absolute atomic E-state index is 13.5. The van der Waals surface area contributed by atoms with Crippen LogP contribution in [0.1, 0.15) is 18.4 Å². The van der Waals surface area contributed by atoms with Gasteiger partial charge in [0, 0.05) is 18.1 Å². The van der Waals surface area contributed by atoms with E-state index in [9.17, 15) is 4.39 Å². The van der Waals surface area contributed by atoms with Crippen molar-refractivity contribution in [2.75, 3.05) is 20.1 Å². The van der Waals surface area contributed by atoms with Crippen molar-refractivity contribution >= 4 is 11.6 Å². The Morgan fingerprint density at radius 2 is 2.22 bits per heavy atom. The normalized spacial score (nSPS) is 16.6. The van der Waals surface area contributed by atoms with Crippen LogP contribution in [0.4, 0.5) is 4.39 Å². The third kappa shape index (κ3) is 3.22. The molecule has 1 aromatic rings. The molecular formula is C14H16ClFN2. The molecule has 4 heteroatoms. The van der Waals surface area contributed by atoms with Gasteiger partial charge in [-0.2, -0.15) is 5.26 Å². The van der Waals surface area contributed by atoms with Crippen LogP contribution in [0.2, 0.25) is 5.02 Å². The molecule has 0 atom stereocenters. The minimum Gasteiger partial charge on any atom is -0.304 e. The first-order chi connectivity index (χ1) is 8.54. The van der Waals surface area contributed by atoms with Gasteiger partial charge in [-0.05, 0) is 50.1 Å². The Kier molecular flexibility index (Phi) is 3.89. The number of nitrogens with zero attached hydrogens (tertiary/aromatic N) is 2. The molecule has 0 radical (unpaired) electrons. The van der Waals surface area contributed by atoms with E-state index in [1.54, 1.807) is 12.1 Å². The average molecular weight is 267 g/mol. The molecule has 0 spiro atoms. The second-order valence-electron chi connectivity index (χ2n) is 5.12. The number of hydrogen-bond acceptors (Lipinski definition) is 2. The minimum absolute atomic E-state index is 0.137. The number of rotatable bonds is 5. The predicted octanol–water partition coefficient (Wildman–Crippen LogP) is 3.26. The Morgan fingerprint density at radius 1 is 1.50 bits per heavy atom. The molecule has 1 aliphatic rings. The summed E-state index contributed by atoms with van der Waals surface area (Å²) in [5, 5.41) is 9.58. The SMILES string of the molecule is CN(CCc1cc(Cl)ccc1F)CC1(C#N)CC1. The molecule has 96 valence electrons. The van der Waals surface area contributed by atoms with Crippen molar-refractivity contribution < 1.29 is 4.39 Å². The standard InChI is InChI=1S/C14H16ClFN2/c1-18(10-14(9-17)5-6-14)7-4-11-8-12(15)2-3-13(11)16/h2-3,8H,4-7,10H2,1H3. The van der Waals surface area contributed by atoms with Gasteiger partial charge in [-0.25, -0.2) is 4.39 Å². The van der Waals surface area contributed by atoms with Gasteiger partial charge in [-0.1, -0.05) is 11.6 Å². The Bertz CT molecular complexity index is 477. The van der Waals surface area contributed by atoms with E-state index in [4.69, 9.17) is 16.9 Å². The van der Waals surface area contributed by atoms with E-state index in [1.165, 1.54) is 6.07 Å². The van der Waals surface area contributed by atoms with Crippen LogP contribution in [0.5, 0.6) is 0 Å². The summed E-state index contributed by atoms with van der Waals surface area (Å²) in [6.45, 7) is 1.51. The average Bonchev–Trinajstić information content (AvgIpc) is 3.11. The van der Waals surface area contributed by atoms with Crippen molar-refractivity contribution in [3.8, 4) is 6.07 Å². The van der Waals surface area contributed by atoms with Crippen LogP contribution in [0, 0.1) is 22.6 Å². The monoisotopic (exact) mass is 266 g/mol. The fraction of sp³-hybridized carbons (Fsp3) is 0.500. The molecular weight excluding hydrogens is 251 g/mol. The largest absolute Gasteiger partial charge is 0.304 e. The van der Waals surface area contributed by atoms with E-state index in [0.29, 0.717) is 17.0 Å². The quantitative estimate of drug-likeness (QED) is 0.818. The van der Waals surface area contributed by atoms with Crippen molar-refractivity contribution in [2.45, 2.75) is 19.3 Å². The summed E-state index contributed by atoms with van der Waals surface area (Å²) in [5.74, 6) is -0.214. The molecule has 0 aliphatic heterocycles. The lowest BCUT2D eigenvalue weighted by molar-refractivity contribution is 0.296. The van der Waals surface area contributed by atoms with E-state index in [1.807, 2.05) is 7.05 Å². The molecule has 0 heterocycles. The summed E-state index contributed by atoms with van der Waals surface area (Å²) < 4.78 is 13.5. The van der Waals surface area contributed by atoms with Crippen molar-refractivity contribution in [2.24, 2.45) is 5.41 Å². The Labute approximate surface area is 112 Å². The Morgan fingerprint density at radius 3 is 2.83 bits per heavy atom.